The van der Waals surface area contributed by atoms with Crippen LogP contribution in [0.1, 0.15) is 25.0 Å². The van der Waals surface area contributed by atoms with E-state index in [1.54, 1.807) is 35.2 Å². The molecule has 1 heterocycles. The molecule has 2 aromatic rings. The van der Waals surface area contributed by atoms with Gasteiger partial charge in [-0.3, -0.25) is 4.99 Å². The van der Waals surface area contributed by atoms with E-state index < -0.39 is 17.8 Å². The molecule has 0 aliphatic carbocycles. The third kappa shape index (κ3) is 4.15. The Morgan fingerprint density at radius 1 is 1.04 bits per heavy atom. The first kappa shape index (κ1) is 19.4. The van der Waals surface area contributed by atoms with Gasteiger partial charge < -0.3 is 4.90 Å². The molecule has 3 rings (SSSR count). The molecule has 0 amide bonds. The van der Waals surface area contributed by atoms with Crippen LogP contribution in [0.15, 0.2) is 71.6 Å². The summed E-state index contributed by atoms with van der Waals surface area (Å²) in [5.74, 6) is -1.73. The first-order chi connectivity index (χ1) is 13.4. The van der Waals surface area contributed by atoms with Crippen molar-refractivity contribution in [3.63, 3.8) is 0 Å². The molecule has 1 aliphatic heterocycles. The molecule has 0 radical (unpaired) electrons. The van der Waals surface area contributed by atoms with Crippen molar-refractivity contribution in [2.24, 2.45) is 10.9 Å². The van der Waals surface area contributed by atoms with Crippen molar-refractivity contribution in [2.75, 3.05) is 0 Å². The van der Waals surface area contributed by atoms with Crippen LogP contribution in [0.4, 0.5) is 13.2 Å². The zero-order chi connectivity index (χ0) is 20.3. The SMILES string of the molecule is CC(C)C1N=C(c2ccc(F)cc2)C=C(c2ccc(F)cc2)N1C=C(F)C#N. The largest absolute Gasteiger partial charge is 0.321 e. The average Bonchev–Trinajstić information content (AvgIpc) is 2.69. The summed E-state index contributed by atoms with van der Waals surface area (Å²) in [7, 11) is 0. The van der Waals surface area contributed by atoms with E-state index in [0.717, 1.165) is 6.20 Å². The summed E-state index contributed by atoms with van der Waals surface area (Å²) in [6, 6.07) is 13.2. The van der Waals surface area contributed by atoms with Gasteiger partial charge in [0.1, 0.15) is 23.9 Å². The van der Waals surface area contributed by atoms with Gasteiger partial charge >= 0.3 is 0 Å². The topological polar surface area (TPSA) is 39.4 Å². The Balaban J connectivity index is 2.17. The maximum absolute atomic E-state index is 13.9. The van der Waals surface area contributed by atoms with Crippen molar-refractivity contribution in [3.8, 4) is 6.07 Å². The minimum Gasteiger partial charge on any atom is -0.321 e. The minimum atomic E-state index is -0.959. The van der Waals surface area contributed by atoms with Crippen LogP contribution in [-0.4, -0.2) is 16.8 Å². The van der Waals surface area contributed by atoms with E-state index >= 15 is 0 Å². The molecule has 1 unspecified atom stereocenters. The lowest BCUT2D eigenvalue weighted by atomic mass is 9.99. The lowest BCUT2D eigenvalue weighted by molar-refractivity contribution is 0.302. The number of nitriles is 1. The summed E-state index contributed by atoms with van der Waals surface area (Å²) in [5, 5.41) is 8.88. The quantitative estimate of drug-likeness (QED) is 0.663. The number of halogens is 3. The van der Waals surface area contributed by atoms with Crippen LogP contribution >= 0.6 is 0 Å². The Labute approximate surface area is 161 Å². The Kier molecular flexibility index (Phi) is 5.65. The molecule has 6 heteroatoms. The third-order valence-corrected chi connectivity index (χ3v) is 4.34. The standard InChI is InChI=1S/C22H18F3N3/c1-14(2)22-27-20(15-3-7-17(23)8-4-15)11-21(28(22)13-19(25)12-26)16-5-9-18(24)10-6-16/h3-11,13-14,22H,1-2H3. The van der Waals surface area contributed by atoms with E-state index in [1.165, 1.54) is 30.3 Å². The highest BCUT2D eigenvalue weighted by Crippen LogP contribution is 2.32. The molecular formula is C22H18F3N3. The number of nitrogens with zero attached hydrogens (tertiary/aromatic N) is 3. The number of aliphatic imine (C=N–C) groups is 1. The minimum absolute atomic E-state index is 0.0256. The zero-order valence-corrected chi connectivity index (χ0v) is 15.4. The second-order valence-corrected chi connectivity index (χ2v) is 6.71. The van der Waals surface area contributed by atoms with Crippen LogP contribution in [-0.2, 0) is 0 Å². The summed E-state index contributed by atoms with van der Waals surface area (Å²) in [5.41, 5.74) is 2.51. The number of allylic oxidation sites excluding steroid dienone is 2. The second kappa shape index (κ2) is 8.13. The monoisotopic (exact) mass is 381 g/mol. The maximum atomic E-state index is 13.9. The van der Waals surface area contributed by atoms with E-state index in [1.807, 2.05) is 13.8 Å². The lowest BCUT2D eigenvalue weighted by Crippen LogP contribution is -2.36. The highest BCUT2D eigenvalue weighted by Gasteiger charge is 2.28. The smallest absolute Gasteiger partial charge is 0.216 e. The fraction of sp³-hybridized carbons (Fsp3) is 0.182. The fourth-order valence-electron chi connectivity index (χ4n) is 2.99. The van der Waals surface area contributed by atoms with Crippen LogP contribution in [0.3, 0.4) is 0 Å². The fourth-order valence-corrected chi connectivity index (χ4v) is 2.99. The van der Waals surface area contributed by atoms with Crippen molar-refractivity contribution in [1.82, 2.24) is 4.90 Å². The first-order valence-corrected chi connectivity index (χ1v) is 8.76. The summed E-state index contributed by atoms with van der Waals surface area (Å²) in [6.07, 6.45) is 2.33. The van der Waals surface area contributed by atoms with E-state index in [9.17, 15) is 13.2 Å². The van der Waals surface area contributed by atoms with Crippen LogP contribution in [0.5, 0.6) is 0 Å². The predicted molar refractivity (Wildman–Crippen MR) is 103 cm³/mol. The van der Waals surface area contributed by atoms with Gasteiger partial charge in [0.2, 0.25) is 5.83 Å². The van der Waals surface area contributed by atoms with Crippen molar-refractivity contribution in [2.45, 2.75) is 20.0 Å². The Bertz CT molecular complexity index is 981. The van der Waals surface area contributed by atoms with Crippen LogP contribution in [0.25, 0.3) is 5.70 Å². The zero-order valence-electron chi connectivity index (χ0n) is 15.4. The number of rotatable bonds is 4. The van der Waals surface area contributed by atoms with Gasteiger partial charge in [-0.2, -0.15) is 9.65 Å². The van der Waals surface area contributed by atoms with E-state index in [4.69, 9.17) is 10.3 Å². The molecule has 28 heavy (non-hydrogen) atoms. The normalized spacial score (nSPS) is 17.2. The van der Waals surface area contributed by atoms with Crippen molar-refractivity contribution in [1.29, 1.82) is 5.26 Å². The molecule has 0 fully saturated rings. The van der Waals surface area contributed by atoms with E-state index in [2.05, 4.69) is 0 Å². The molecule has 0 N–H and O–H groups in total. The van der Waals surface area contributed by atoms with Crippen molar-refractivity contribution < 1.29 is 13.2 Å². The molecule has 0 saturated carbocycles. The molecule has 2 aromatic carbocycles. The van der Waals surface area contributed by atoms with Gasteiger partial charge in [-0.1, -0.05) is 13.8 Å². The molecule has 0 aromatic heterocycles. The van der Waals surface area contributed by atoms with Gasteiger partial charge in [0.25, 0.3) is 0 Å². The molecule has 3 nitrogen and oxygen atoms in total. The van der Waals surface area contributed by atoms with Crippen molar-refractivity contribution in [3.05, 3.63) is 89.4 Å². The highest BCUT2D eigenvalue weighted by molar-refractivity contribution is 6.13. The molecule has 1 aliphatic rings. The van der Waals surface area contributed by atoms with Gasteiger partial charge in [0.15, 0.2) is 0 Å². The summed E-state index contributed by atoms with van der Waals surface area (Å²) >= 11 is 0. The molecule has 142 valence electrons. The second-order valence-electron chi connectivity index (χ2n) is 6.71. The van der Waals surface area contributed by atoms with Gasteiger partial charge in [0.05, 0.1) is 17.6 Å². The van der Waals surface area contributed by atoms with Crippen LogP contribution < -0.4 is 0 Å². The number of hydrogen-bond acceptors (Lipinski definition) is 3. The van der Waals surface area contributed by atoms with Gasteiger partial charge in [-0.15, -0.1) is 0 Å². The summed E-state index contributed by atoms with van der Waals surface area (Å²) in [6.45, 7) is 3.85. The Morgan fingerprint density at radius 3 is 2.07 bits per heavy atom. The van der Waals surface area contributed by atoms with Gasteiger partial charge in [-0.05, 0) is 66.1 Å². The Morgan fingerprint density at radius 2 is 1.57 bits per heavy atom. The van der Waals surface area contributed by atoms with Crippen molar-refractivity contribution >= 4 is 11.4 Å². The lowest BCUT2D eigenvalue weighted by Gasteiger charge is -2.36. The molecule has 0 spiro atoms. The van der Waals surface area contributed by atoms with Crippen LogP contribution in [0, 0.1) is 28.9 Å². The first-order valence-electron chi connectivity index (χ1n) is 8.76. The molecule has 1 atom stereocenters. The number of hydrogen-bond donors (Lipinski definition) is 0. The van der Waals surface area contributed by atoms with E-state index in [0.29, 0.717) is 22.5 Å². The van der Waals surface area contributed by atoms with Gasteiger partial charge in [0, 0.05) is 5.56 Å². The third-order valence-electron chi connectivity index (χ3n) is 4.34. The molecular weight excluding hydrogens is 363 g/mol. The van der Waals surface area contributed by atoms with E-state index in [-0.39, 0.29) is 11.7 Å². The summed E-state index contributed by atoms with van der Waals surface area (Å²) in [4.78, 5) is 6.27. The maximum Gasteiger partial charge on any atom is 0.216 e. The number of benzene rings is 2. The molecule has 0 saturated heterocycles. The van der Waals surface area contributed by atoms with Gasteiger partial charge in [-0.25, -0.2) is 8.78 Å². The molecule has 0 bridgehead atoms. The average molecular weight is 381 g/mol. The predicted octanol–water partition coefficient (Wildman–Crippen LogP) is 5.43. The highest BCUT2D eigenvalue weighted by atomic mass is 19.1. The Hall–Kier alpha value is -3.33. The summed E-state index contributed by atoms with van der Waals surface area (Å²) < 4.78 is 40.5. The van der Waals surface area contributed by atoms with Crippen LogP contribution in [0.2, 0.25) is 0 Å².